The van der Waals surface area contributed by atoms with Crippen LogP contribution >= 0.6 is 11.6 Å². The number of rotatable bonds is 7. The zero-order chi connectivity index (χ0) is 26.9. The maximum atomic E-state index is 15.1. The molecule has 1 aromatic heterocycles. The first-order chi connectivity index (χ1) is 16.6. The monoisotopic (exact) mass is 530 g/mol. The lowest BCUT2D eigenvalue weighted by Gasteiger charge is -2.40. The normalized spacial score (nSPS) is 15.6. The molecule has 0 saturated heterocycles. The van der Waals surface area contributed by atoms with Gasteiger partial charge >= 0.3 is 6.18 Å². The summed E-state index contributed by atoms with van der Waals surface area (Å²) in [5.41, 5.74) is -6.93. The highest BCUT2D eigenvalue weighted by Gasteiger charge is 2.59. The van der Waals surface area contributed by atoms with Gasteiger partial charge in [-0.25, -0.2) is 13.2 Å². The second-order valence-electron chi connectivity index (χ2n) is 8.31. The summed E-state index contributed by atoms with van der Waals surface area (Å²) in [5, 5.41) is 2.53. The van der Waals surface area contributed by atoms with Gasteiger partial charge in [-0.05, 0) is 48.4 Å². The SMILES string of the molecule is CO[C@](C(=O)N[C@@](C)(c1cc(F)cc(C(F)(F)F)c1)c1ccc(Cl)cn1)(c1ccccc1)C(C)(F)F. The van der Waals surface area contributed by atoms with Crippen molar-refractivity contribution in [2.24, 2.45) is 0 Å². The van der Waals surface area contributed by atoms with Gasteiger partial charge in [0, 0.05) is 20.2 Å². The van der Waals surface area contributed by atoms with E-state index in [-0.39, 0.29) is 22.3 Å². The molecule has 0 aliphatic carbocycles. The van der Waals surface area contributed by atoms with Crippen molar-refractivity contribution in [1.82, 2.24) is 10.3 Å². The van der Waals surface area contributed by atoms with Crippen LogP contribution in [0.5, 0.6) is 0 Å². The van der Waals surface area contributed by atoms with Crippen LogP contribution in [0.2, 0.25) is 5.02 Å². The third-order valence-corrected chi connectivity index (χ3v) is 6.05. The third-order valence-electron chi connectivity index (χ3n) is 5.83. The van der Waals surface area contributed by atoms with E-state index in [1.165, 1.54) is 43.3 Å². The predicted octanol–water partition coefficient (Wildman–Crippen LogP) is 6.47. The largest absolute Gasteiger partial charge is 0.416 e. The van der Waals surface area contributed by atoms with Crippen molar-refractivity contribution in [1.29, 1.82) is 0 Å². The van der Waals surface area contributed by atoms with Gasteiger partial charge in [0.25, 0.3) is 11.8 Å². The molecule has 0 saturated carbocycles. The van der Waals surface area contributed by atoms with E-state index in [0.717, 1.165) is 19.4 Å². The number of alkyl halides is 5. The molecule has 3 aromatic rings. The molecule has 2 aromatic carbocycles. The zero-order valence-electron chi connectivity index (χ0n) is 19.3. The lowest BCUT2D eigenvalue weighted by Crippen LogP contribution is -2.60. The van der Waals surface area contributed by atoms with Crippen LogP contribution in [-0.2, 0) is 26.8 Å². The van der Waals surface area contributed by atoms with Gasteiger partial charge in [-0.2, -0.15) is 13.2 Å². The summed E-state index contributed by atoms with van der Waals surface area (Å²) in [6, 6.07) is 11.2. The molecule has 36 heavy (non-hydrogen) atoms. The van der Waals surface area contributed by atoms with E-state index < -0.39 is 46.1 Å². The maximum Gasteiger partial charge on any atom is 0.416 e. The lowest BCUT2D eigenvalue weighted by atomic mass is 9.82. The quantitative estimate of drug-likeness (QED) is 0.356. The van der Waals surface area contributed by atoms with Gasteiger partial charge in [0.15, 0.2) is 0 Å². The second-order valence-corrected chi connectivity index (χ2v) is 8.74. The number of aromatic nitrogens is 1. The number of ether oxygens (including phenoxy) is 1. The first kappa shape index (κ1) is 27.5. The van der Waals surface area contributed by atoms with Crippen LogP contribution in [0.3, 0.4) is 0 Å². The molecule has 192 valence electrons. The molecule has 0 aliphatic rings. The fourth-order valence-electron chi connectivity index (χ4n) is 3.96. The van der Waals surface area contributed by atoms with Gasteiger partial charge in [0.05, 0.1) is 16.3 Å². The first-order valence-electron chi connectivity index (χ1n) is 10.5. The Morgan fingerprint density at radius 2 is 1.53 bits per heavy atom. The topological polar surface area (TPSA) is 51.2 Å². The standard InChI is InChI=1S/C25H21ClF6N2O2/c1-22(20-10-9-18(26)14-33-20,16-11-17(25(30,31)32)13-19(27)12-16)34-21(35)24(36-3,23(2,28)29)15-7-5-4-6-8-15/h4-14H,1-3H3,(H,34,35)/t22-,24-/m0/s1. The molecule has 0 radical (unpaired) electrons. The van der Waals surface area contributed by atoms with Gasteiger partial charge < -0.3 is 10.1 Å². The van der Waals surface area contributed by atoms with Crippen LogP contribution in [0, 0.1) is 5.82 Å². The summed E-state index contributed by atoms with van der Waals surface area (Å²) in [4.78, 5) is 17.7. The van der Waals surface area contributed by atoms with E-state index in [1.54, 1.807) is 6.07 Å². The molecule has 0 unspecified atom stereocenters. The second kappa shape index (κ2) is 9.74. The van der Waals surface area contributed by atoms with Crippen LogP contribution in [-0.4, -0.2) is 23.9 Å². The van der Waals surface area contributed by atoms with Crippen LogP contribution in [0.1, 0.15) is 36.2 Å². The fourth-order valence-corrected chi connectivity index (χ4v) is 4.07. The van der Waals surface area contributed by atoms with E-state index in [4.69, 9.17) is 16.3 Å². The molecule has 1 heterocycles. The van der Waals surface area contributed by atoms with Gasteiger partial charge in [-0.1, -0.05) is 41.9 Å². The van der Waals surface area contributed by atoms with Crippen molar-refractivity contribution in [3.63, 3.8) is 0 Å². The Hall–Kier alpha value is -3.11. The number of halogens is 7. The van der Waals surface area contributed by atoms with Crippen molar-refractivity contribution in [3.8, 4) is 0 Å². The Morgan fingerprint density at radius 1 is 0.917 bits per heavy atom. The summed E-state index contributed by atoms with van der Waals surface area (Å²) in [5.74, 6) is -6.45. The number of carbonyl (C=O) groups is 1. The van der Waals surface area contributed by atoms with Crippen molar-refractivity contribution in [2.75, 3.05) is 7.11 Å². The lowest BCUT2D eigenvalue weighted by molar-refractivity contribution is -0.201. The fraction of sp³-hybridized carbons (Fsp3) is 0.280. The number of amides is 1. The molecule has 0 bridgehead atoms. The Balaban J connectivity index is 2.26. The average Bonchev–Trinajstić information content (AvgIpc) is 2.79. The van der Waals surface area contributed by atoms with Crippen molar-refractivity contribution in [3.05, 3.63) is 100 Å². The number of benzene rings is 2. The highest BCUT2D eigenvalue weighted by Crippen LogP contribution is 2.43. The minimum atomic E-state index is -4.92. The molecular formula is C25H21ClF6N2O2. The summed E-state index contributed by atoms with van der Waals surface area (Å²) in [7, 11) is 0.909. The van der Waals surface area contributed by atoms with Crippen molar-refractivity contribution in [2.45, 2.75) is 37.1 Å². The number of nitrogens with one attached hydrogen (secondary N) is 1. The van der Waals surface area contributed by atoms with Gasteiger partial charge in [-0.15, -0.1) is 0 Å². The zero-order valence-corrected chi connectivity index (χ0v) is 20.0. The third kappa shape index (κ3) is 5.05. The van der Waals surface area contributed by atoms with Gasteiger partial charge in [0.2, 0.25) is 5.60 Å². The smallest absolute Gasteiger partial charge is 0.359 e. The highest BCUT2D eigenvalue weighted by molar-refractivity contribution is 6.30. The number of hydrogen-bond donors (Lipinski definition) is 1. The Labute approximate surface area is 208 Å². The van der Waals surface area contributed by atoms with Gasteiger partial charge in [-0.3, -0.25) is 9.78 Å². The highest BCUT2D eigenvalue weighted by atomic mass is 35.5. The van der Waals surface area contributed by atoms with E-state index in [1.807, 2.05) is 0 Å². The Morgan fingerprint density at radius 3 is 2.03 bits per heavy atom. The number of nitrogens with zero attached hydrogens (tertiary/aromatic N) is 1. The van der Waals surface area contributed by atoms with E-state index in [9.17, 15) is 22.4 Å². The Kier molecular flexibility index (Phi) is 7.44. The number of hydrogen-bond acceptors (Lipinski definition) is 3. The van der Waals surface area contributed by atoms with Gasteiger partial charge in [0.1, 0.15) is 11.4 Å². The summed E-state index contributed by atoms with van der Waals surface area (Å²) >= 11 is 5.88. The summed E-state index contributed by atoms with van der Waals surface area (Å²) < 4.78 is 90.0. The summed E-state index contributed by atoms with van der Waals surface area (Å²) in [6.07, 6.45) is -3.77. The molecule has 0 spiro atoms. The van der Waals surface area contributed by atoms with Crippen LogP contribution in [0.15, 0.2) is 66.9 Å². The van der Waals surface area contributed by atoms with E-state index in [2.05, 4.69) is 10.3 Å². The van der Waals surface area contributed by atoms with E-state index in [0.29, 0.717) is 13.0 Å². The molecule has 11 heteroatoms. The minimum Gasteiger partial charge on any atom is -0.359 e. The van der Waals surface area contributed by atoms with E-state index >= 15 is 8.78 Å². The van der Waals surface area contributed by atoms with Crippen LogP contribution < -0.4 is 5.32 Å². The molecule has 0 aliphatic heterocycles. The first-order valence-corrected chi connectivity index (χ1v) is 10.8. The number of methoxy groups -OCH3 is 1. The number of carbonyl (C=O) groups excluding carboxylic acids is 1. The summed E-state index contributed by atoms with van der Waals surface area (Å²) in [6.45, 7) is 1.69. The molecule has 0 fully saturated rings. The molecule has 4 nitrogen and oxygen atoms in total. The molecule has 2 atom stereocenters. The molecule has 1 amide bonds. The number of pyridine rings is 1. The van der Waals surface area contributed by atoms with Crippen LogP contribution in [0.4, 0.5) is 26.3 Å². The predicted molar refractivity (Wildman–Crippen MR) is 121 cm³/mol. The minimum absolute atomic E-state index is 0.0866. The van der Waals surface area contributed by atoms with Crippen LogP contribution in [0.25, 0.3) is 0 Å². The average molecular weight is 531 g/mol. The molecular weight excluding hydrogens is 510 g/mol. The molecule has 3 rings (SSSR count). The Bertz CT molecular complexity index is 1230. The maximum absolute atomic E-state index is 15.1. The van der Waals surface area contributed by atoms with Crippen molar-refractivity contribution >= 4 is 17.5 Å². The molecule has 1 N–H and O–H groups in total. The van der Waals surface area contributed by atoms with Crippen molar-refractivity contribution < 1.29 is 35.9 Å².